The van der Waals surface area contributed by atoms with Crippen LogP contribution in [0.15, 0.2) is 0 Å². The van der Waals surface area contributed by atoms with Crippen LogP contribution < -0.4 is 0 Å². The van der Waals surface area contributed by atoms with Crippen molar-refractivity contribution in [1.29, 1.82) is 0 Å². The van der Waals surface area contributed by atoms with E-state index in [0.29, 0.717) is 23.7 Å². The van der Waals surface area contributed by atoms with E-state index in [4.69, 9.17) is 0 Å². The quantitative estimate of drug-likeness (QED) is 0.645. The second-order valence-corrected chi connectivity index (χ2v) is 9.36. The van der Waals surface area contributed by atoms with Gasteiger partial charge in [0.25, 0.3) is 0 Å². The van der Waals surface area contributed by atoms with E-state index < -0.39 is 0 Å². The summed E-state index contributed by atoms with van der Waals surface area (Å²) in [6, 6.07) is 0. The molecular weight excluding hydrogens is 276 g/mol. The summed E-state index contributed by atoms with van der Waals surface area (Å²) in [5, 5.41) is 31.5. The highest BCUT2D eigenvalue weighted by Gasteiger charge is 2.62. The second kappa shape index (κ2) is 4.94. The lowest BCUT2D eigenvalue weighted by Gasteiger charge is -2.62. The van der Waals surface area contributed by atoms with Crippen LogP contribution in [0.25, 0.3) is 0 Å². The Morgan fingerprint density at radius 2 is 1.45 bits per heavy atom. The number of rotatable bonds is 0. The molecule has 0 aliphatic heterocycles. The molecule has 0 bridgehead atoms. The minimum absolute atomic E-state index is 0.0273. The molecule has 0 aromatic rings. The number of hydrogen-bond acceptors (Lipinski definition) is 3. The van der Waals surface area contributed by atoms with Crippen LogP contribution in [0, 0.1) is 34.5 Å². The topological polar surface area (TPSA) is 60.7 Å². The Morgan fingerprint density at radius 1 is 0.773 bits per heavy atom. The van der Waals surface area contributed by atoms with Gasteiger partial charge < -0.3 is 15.3 Å². The molecule has 0 aromatic carbocycles. The van der Waals surface area contributed by atoms with Gasteiger partial charge in [0.2, 0.25) is 0 Å². The van der Waals surface area contributed by atoms with E-state index in [1.165, 1.54) is 0 Å². The highest BCUT2D eigenvalue weighted by molar-refractivity contribution is 5.11. The van der Waals surface area contributed by atoms with Crippen molar-refractivity contribution in [3.05, 3.63) is 0 Å². The highest BCUT2D eigenvalue weighted by atomic mass is 16.3. The van der Waals surface area contributed by atoms with Crippen LogP contribution in [0.3, 0.4) is 0 Å². The largest absolute Gasteiger partial charge is 0.393 e. The molecule has 22 heavy (non-hydrogen) atoms. The van der Waals surface area contributed by atoms with Gasteiger partial charge in [0.15, 0.2) is 0 Å². The van der Waals surface area contributed by atoms with Gasteiger partial charge in [0, 0.05) is 0 Å². The summed E-state index contributed by atoms with van der Waals surface area (Å²) in [5.74, 6) is 1.91. The molecule has 0 saturated heterocycles. The van der Waals surface area contributed by atoms with Crippen LogP contribution in [0.4, 0.5) is 0 Å². The molecule has 3 N–H and O–H groups in total. The fourth-order valence-corrected chi connectivity index (χ4v) is 7.17. The van der Waals surface area contributed by atoms with Crippen LogP contribution in [0.1, 0.15) is 65.2 Å². The van der Waals surface area contributed by atoms with E-state index in [1.807, 2.05) is 0 Å². The maximum absolute atomic E-state index is 10.9. The zero-order chi connectivity index (χ0) is 15.7. The van der Waals surface area contributed by atoms with E-state index in [2.05, 4.69) is 13.8 Å². The van der Waals surface area contributed by atoms with Crippen molar-refractivity contribution in [2.45, 2.75) is 83.5 Å². The minimum atomic E-state index is -0.233. The van der Waals surface area contributed by atoms with Gasteiger partial charge in [0.05, 0.1) is 18.3 Å². The van der Waals surface area contributed by atoms with Crippen LogP contribution in [0.2, 0.25) is 0 Å². The van der Waals surface area contributed by atoms with E-state index in [-0.39, 0.29) is 29.1 Å². The molecule has 5 unspecified atom stereocenters. The summed E-state index contributed by atoms with van der Waals surface area (Å²) in [6.07, 6.45) is 7.45. The second-order valence-electron chi connectivity index (χ2n) is 9.36. The first-order valence-electron chi connectivity index (χ1n) is 9.40. The Kier molecular flexibility index (Phi) is 3.46. The lowest BCUT2D eigenvalue weighted by Crippen LogP contribution is -2.58. The van der Waals surface area contributed by atoms with Gasteiger partial charge in [-0.3, -0.25) is 0 Å². The first kappa shape index (κ1) is 15.4. The number of fused-ring (bicyclic) bond motifs is 5. The van der Waals surface area contributed by atoms with Gasteiger partial charge in [-0.05, 0) is 85.9 Å². The Hall–Kier alpha value is -0.120. The molecule has 3 heteroatoms. The first-order chi connectivity index (χ1) is 10.4. The maximum Gasteiger partial charge on any atom is 0.0596 e. The molecule has 126 valence electrons. The van der Waals surface area contributed by atoms with Gasteiger partial charge in [-0.2, -0.15) is 0 Å². The van der Waals surface area contributed by atoms with Crippen molar-refractivity contribution in [3.63, 3.8) is 0 Å². The van der Waals surface area contributed by atoms with Crippen molar-refractivity contribution < 1.29 is 15.3 Å². The third-order valence-corrected chi connectivity index (χ3v) is 8.61. The van der Waals surface area contributed by atoms with E-state index in [9.17, 15) is 15.3 Å². The van der Waals surface area contributed by atoms with Crippen molar-refractivity contribution >= 4 is 0 Å². The molecule has 4 aliphatic rings. The molecule has 0 aromatic heterocycles. The van der Waals surface area contributed by atoms with Gasteiger partial charge in [-0.25, -0.2) is 0 Å². The molecule has 0 radical (unpaired) electrons. The van der Waals surface area contributed by atoms with Crippen LogP contribution in [-0.4, -0.2) is 33.6 Å². The molecule has 0 spiro atoms. The van der Waals surface area contributed by atoms with Crippen molar-refractivity contribution in [2.24, 2.45) is 34.5 Å². The molecule has 4 saturated carbocycles. The standard InChI is InChI=1S/C19H32O3/c1-18-7-5-12(20)9-11(18)10-15(21)17-13-3-4-16(22)19(13,2)8-6-14(17)18/h11-17,20-22H,3-10H2,1-2H3/t11?,12-,13?,14?,15?,16+,17?,18-,19-/m0/s1. The normalized spacial score (nSPS) is 61.2. The minimum Gasteiger partial charge on any atom is -0.393 e. The third kappa shape index (κ3) is 1.91. The monoisotopic (exact) mass is 308 g/mol. The highest BCUT2D eigenvalue weighted by Crippen LogP contribution is 2.66. The van der Waals surface area contributed by atoms with Gasteiger partial charge in [-0.1, -0.05) is 13.8 Å². The van der Waals surface area contributed by atoms with Gasteiger partial charge in [-0.15, -0.1) is 0 Å². The number of aliphatic hydroxyl groups excluding tert-OH is 3. The van der Waals surface area contributed by atoms with E-state index in [1.54, 1.807) is 0 Å². The van der Waals surface area contributed by atoms with Gasteiger partial charge >= 0.3 is 0 Å². The summed E-state index contributed by atoms with van der Waals surface area (Å²) in [6.45, 7) is 4.69. The summed E-state index contributed by atoms with van der Waals surface area (Å²) in [5.41, 5.74) is 0.317. The third-order valence-electron chi connectivity index (χ3n) is 8.61. The van der Waals surface area contributed by atoms with Crippen LogP contribution in [0.5, 0.6) is 0 Å². The van der Waals surface area contributed by atoms with E-state index in [0.717, 1.165) is 51.4 Å². The van der Waals surface area contributed by atoms with Crippen molar-refractivity contribution in [2.75, 3.05) is 0 Å². The summed E-state index contributed by atoms with van der Waals surface area (Å²) >= 11 is 0. The number of hydrogen-bond donors (Lipinski definition) is 3. The van der Waals surface area contributed by atoms with E-state index >= 15 is 0 Å². The lowest BCUT2D eigenvalue weighted by molar-refractivity contribution is -0.176. The lowest BCUT2D eigenvalue weighted by atomic mass is 9.44. The molecule has 0 heterocycles. The molecule has 3 nitrogen and oxygen atoms in total. The Labute approximate surface area is 134 Å². The smallest absolute Gasteiger partial charge is 0.0596 e. The molecule has 0 amide bonds. The molecule has 4 aliphatic carbocycles. The fraction of sp³-hybridized carbons (Fsp3) is 1.00. The first-order valence-corrected chi connectivity index (χ1v) is 9.40. The van der Waals surface area contributed by atoms with Gasteiger partial charge in [0.1, 0.15) is 0 Å². The Morgan fingerprint density at radius 3 is 2.23 bits per heavy atom. The van der Waals surface area contributed by atoms with Crippen LogP contribution >= 0.6 is 0 Å². The average molecular weight is 308 g/mol. The molecular formula is C19H32O3. The number of aliphatic hydroxyl groups is 3. The fourth-order valence-electron chi connectivity index (χ4n) is 7.17. The summed E-state index contributed by atoms with van der Waals surface area (Å²) in [4.78, 5) is 0. The average Bonchev–Trinajstić information content (AvgIpc) is 2.77. The van der Waals surface area contributed by atoms with Crippen molar-refractivity contribution in [3.8, 4) is 0 Å². The SMILES string of the molecule is C[C@]12CC[C@H](O)CC1CC(O)C1C2CC[C@@]2(C)C1CC[C@H]2O. The predicted octanol–water partition coefficient (Wildman–Crippen LogP) is 2.72. The summed E-state index contributed by atoms with van der Waals surface area (Å²) < 4.78 is 0. The molecule has 4 rings (SSSR count). The maximum atomic E-state index is 10.9. The predicted molar refractivity (Wildman–Crippen MR) is 85.1 cm³/mol. The zero-order valence-electron chi connectivity index (χ0n) is 14.0. The summed E-state index contributed by atoms with van der Waals surface area (Å²) in [7, 11) is 0. The Balaban J connectivity index is 1.67. The Bertz CT molecular complexity index is 452. The molecule has 9 atom stereocenters. The van der Waals surface area contributed by atoms with Crippen molar-refractivity contribution in [1.82, 2.24) is 0 Å². The zero-order valence-corrected chi connectivity index (χ0v) is 14.0. The molecule has 4 fully saturated rings. The van der Waals surface area contributed by atoms with Crippen LogP contribution in [-0.2, 0) is 0 Å².